The minimum atomic E-state index is 0.811. The molecule has 0 aromatic heterocycles. The van der Waals surface area contributed by atoms with Gasteiger partial charge in [-0.2, -0.15) is 0 Å². The lowest BCUT2D eigenvalue weighted by Gasteiger charge is -2.05. The van der Waals surface area contributed by atoms with Gasteiger partial charge in [-0.3, -0.25) is 0 Å². The van der Waals surface area contributed by atoms with Crippen molar-refractivity contribution in [1.82, 2.24) is 0 Å². The third-order valence-electron chi connectivity index (χ3n) is 5.45. The molecule has 0 radical (unpaired) electrons. The molecule has 0 aromatic rings. The Morgan fingerprint density at radius 1 is 0.464 bits per heavy atom. The van der Waals surface area contributed by atoms with E-state index in [-0.39, 0.29) is 0 Å². The Hall–Kier alpha value is -1.04. The van der Waals surface area contributed by atoms with Gasteiger partial charge < -0.3 is 0 Å². The molecule has 0 aromatic carbocycles. The Morgan fingerprint density at radius 2 is 0.750 bits per heavy atom. The summed E-state index contributed by atoms with van der Waals surface area (Å²) >= 11 is 0. The Balaban J connectivity index is 4.00. The molecule has 0 saturated carbocycles. The smallest absolute Gasteiger partial charge is 0.0288 e. The van der Waals surface area contributed by atoms with Gasteiger partial charge in [0.15, 0.2) is 0 Å². The number of rotatable bonds is 15. The highest BCUT2D eigenvalue weighted by atomic mass is 14.0. The van der Waals surface area contributed by atoms with Gasteiger partial charge >= 0.3 is 0 Å². The molecule has 0 rings (SSSR count). The van der Waals surface area contributed by atoms with Gasteiger partial charge in [-0.15, -0.1) is 0 Å². The van der Waals surface area contributed by atoms with E-state index in [1.54, 1.807) is 22.3 Å². The van der Waals surface area contributed by atoms with Gasteiger partial charge in [0.2, 0.25) is 0 Å². The predicted molar refractivity (Wildman–Crippen MR) is 131 cm³/mol. The van der Waals surface area contributed by atoms with Crippen molar-refractivity contribution in [2.45, 2.75) is 120 Å². The van der Waals surface area contributed by atoms with Crippen molar-refractivity contribution in [1.29, 1.82) is 0 Å². The minimum absolute atomic E-state index is 0.811. The Bertz CT molecular complexity index is 460. The molecule has 28 heavy (non-hydrogen) atoms. The number of hydrogen-bond acceptors (Lipinski definition) is 0. The quantitative estimate of drug-likeness (QED) is 0.194. The molecule has 0 atom stereocenters. The van der Waals surface area contributed by atoms with Gasteiger partial charge in [0.05, 0.1) is 0 Å². The maximum Gasteiger partial charge on any atom is -0.0288 e. The van der Waals surface area contributed by atoms with Crippen molar-refractivity contribution in [3.8, 4) is 0 Å². The second-order valence-corrected chi connectivity index (χ2v) is 9.72. The first-order valence-corrected chi connectivity index (χ1v) is 11.8. The van der Waals surface area contributed by atoms with Crippen LogP contribution >= 0.6 is 0 Å². The van der Waals surface area contributed by atoms with Crippen LogP contribution in [0.25, 0.3) is 0 Å². The van der Waals surface area contributed by atoms with E-state index < -0.39 is 0 Å². The summed E-state index contributed by atoms with van der Waals surface area (Å²) in [6.07, 6.45) is 22.1. The first-order valence-electron chi connectivity index (χ1n) is 11.8. The fourth-order valence-corrected chi connectivity index (χ4v) is 3.19. The van der Waals surface area contributed by atoms with Crippen LogP contribution in [0.3, 0.4) is 0 Å². The summed E-state index contributed by atoms with van der Waals surface area (Å²) in [6.45, 7) is 18.4. The number of allylic oxidation sites excluding steroid dienone is 8. The topological polar surface area (TPSA) is 0 Å². The zero-order valence-electron chi connectivity index (χ0n) is 20.5. The highest BCUT2D eigenvalue weighted by Gasteiger charge is 1.97. The molecule has 0 bridgehead atoms. The van der Waals surface area contributed by atoms with Crippen LogP contribution in [-0.4, -0.2) is 0 Å². The molecule has 0 amide bonds. The van der Waals surface area contributed by atoms with Crippen molar-refractivity contribution in [3.05, 3.63) is 46.6 Å². The maximum atomic E-state index is 2.44. The van der Waals surface area contributed by atoms with Crippen LogP contribution in [-0.2, 0) is 0 Å². The number of unbranched alkanes of at least 4 members (excludes halogenated alkanes) is 1. The van der Waals surface area contributed by atoms with Gasteiger partial charge in [0.1, 0.15) is 0 Å². The monoisotopic (exact) mass is 386 g/mol. The van der Waals surface area contributed by atoms with E-state index >= 15 is 0 Å². The fourth-order valence-electron chi connectivity index (χ4n) is 3.19. The zero-order chi connectivity index (χ0) is 21.4. The molecule has 0 spiro atoms. The predicted octanol–water partition coefficient (Wildman–Crippen LogP) is 9.98. The van der Waals surface area contributed by atoms with Gasteiger partial charge in [-0.25, -0.2) is 0 Å². The van der Waals surface area contributed by atoms with E-state index in [1.165, 1.54) is 64.2 Å². The molecule has 0 unspecified atom stereocenters. The summed E-state index contributed by atoms with van der Waals surface area (Å²) in [7, 11) is 0. The van der Waals surface area contributed by atoms with Crippen molar-refractivity contribution in [2.24, 2.45) is 11.8 Å². The lowest BCUT2D eigenvalue weighted by Crippen LogP contribution is -1.88. The lowest BCUT2D eigenvalue weighted by atomic mass is 10.0. The van der Waals surface area contributed by atoms with Crippen molar-refractivity contribution >= 4 is 0 Å². The molecular formula is C28H50. The van der Waals surface area contributed by atoms with Crippen molar-refractivity contribution < 1.29 is 0 Å². The average molecular weight is 387 g/mol. The highest BCUT2D eigenvalue weighted by molar-refractivity contribution is 5.06. The third-order valence-corrected chi connectivity index (χ3v) is 5.45. The van der Waals surface area contributed by atoms with Crippen LogP contribution in [0.15, 0.2) is 46.6 Å². The van der Waals surface area contributed by atoms with E-state index in [1.807, 2.05) is 0 Å². The first kappa shape index (κ1) is 27.0. The highest BCUT2D eigenvalue weighted by Crippen LogP contribution is 2.16. The lowest BCUT2D eigenvalue weighted by molar-refractivity contribution is 0.583. The third kappa shape index (κ3) is 18.3. The molecule has 162 valence electrons. The maximum absolute atomic E-state index is 2.44. The summed E-state index contributed by atoms with van der Waals surface area (Å²) in [4.78, 5) is 0. The fraction of sp³-hybridized carbons (Fsp3) is 0.714. The van der Waals surface area contributed by atoms with Crippen LogP contribution in [0.4, 0.5) is 0 Å². The summed E-state index contributed by atoms with van der Waals surface area (Å²) in [5.41, 5.74) is 6.22. The van der Waals surface area contributed by atoms with Crippen molar-refractivity contribution in [2.75, 3.05) is 0 Å². The first-order chi connectivity index (χ1) is 13.2. The van der Waals surface area contributed by atoms with Crippen LogP contribution in [0.2, 0.25) is 0 Å². The van der Waals surface area contributed by atoms with Crippen molar-refractivity contribution in [3.63, 3.8) is 0 Å². The summed E-state index contributed by atoms with van der Waals surface area (Å²) in [5.74, 6) is 1.62. The van der Waals surface area contributed by atoms with Crippen LogP contribution in [0, 0.1) is 11.8 Å². The van der Waals surface area contributed by atoms with E-state index in [0.29, 0.717) is 0 Å². The Morgan fingerprint density at radius 3 is 1.07 bits per heavy atom. The van der Waals surface area contributed by atoms with E-state index in [2.05, 4.69) is 79.7 Å². The van der Waals surface area contributed by atoms with E-state index in [4.69, 9.17) is 0 Å². The summed E-state index contributed by atoms with van der Waals surface area (Å²) in [6, 6.07) is 0. The molecule has 0 heteroatoms. The Kier molecular flexibility index (Phi) is 16.2. The normalized spacial score (nSPS) is 14.5. The summed E-state index contributed by atoms with van der Waals surface area (Å²) in [5, 5.41) is 0. The molecule has 0 fully saturated rings. The Labute approximate surface area is 178 Å². The molecular weight excluding hydrogens is 336 g/mol. The molecule has 0 aliphatic carbocycles. The van der Waals surface area contributed by atoms with Gasteiger partial charge in [-0.1, -0.05) is 74.3 Å². The van der Waals surface area contributed by atoms with Crippen LogP contribution in [0.1, 0.15) is 120 Å². The van der Waals surface area contributed by atoms with Gasteiger partial charge in [0, 0.05) is 0 Å². The average Bonchev–Trinajstić information content (AvgIpc) is 2.61. The minimum Gasteiger partial charge on any atom is -0.0853 e. The molecule has 0 heterocycles. The van der Waals surface area contributed by atoms with Gasteiger partial charge in [0.25, 0.3) is 0 Å². The molecule has 0 aliphatic rings. The molecule has 0 aliphatic heterocycles. The van der Waals surface area contributed by atoms with Gasteiger partial charge in [-0.05, 0) is 104 Å². The van der Waals surface area contributed by atoms with E-state index in [9.17, 15) is 0 Å². The molecule has 0 nitrogen and oxygen atoms in total. The SMILES string of the molecule is C/C(=C\CC/C=C(\C)CC/C=C(\C)CCC(C)C)CC/C=C(\C)CCC(C)C. The largest absolute Gasteiger partial charge is 0.0853 e. The summed E-state index contributed by atoms with van der Waals surface area (Å²) < 4.78 is 0. The zero-order valence-corrected chi connectivity index (χ0v) is 20.5. The molecule has 0 saturated heterocycles. The molecule has 0 N–H and O–H groups in total. The van der Waals surface area contributed by atoms with Crippen LogP contribution < -0.4 is 0 Å². The van der Waals surface area contributed by atoms with Crippen LogP contribution in [0.5, 0.6) is 0 Å². The second kappa shape index (κ2) is 16.9. The number of hydrogen-bond donors (Lipinski definition) is 0. The van der Waals surface area contributed by atoms with E-state index in [0.717, 1.165) is 11.8 Å². The second-order valence-electron chi connectivity index (χ2n) is 9.72. The standard InChI is InChI=1S/C28H50/c1-23(2)19-21-27(7)17-11-15-25(5)13-9-10-14-26(6)16-12-18-28(8)22-20-24(3)4/h13-14,17-18,23-24H,9-12,15-16,19-22H2,1-8H3/b25-13+,26-14+,27-17+,28-18+.